The molecular formula is C16H12ClN. The summed E-state index contributed by atoms with van der Waals surface area (Å²) in [7, 11) is 0. The molecular weight excluding hydrogens is 242 g/mol. The van der Waals surface area contributed by atoms with Gasteiger partial charge in [0, 0.05) is 0 Å². The fourth-order valence-electron chi connectivity index (χ4n) is 1.80. The van der Waals surface area contributed by atoms with Crippen LogP contribution in [0.25, 0.3) is 10.6 Å². The zero-order chi connectivity index (χ0) is 13.0. The highest BCUT2D eigenvalue weighted by Crippen LogP contribution is 2.30. The van der Waals surface area contributed by atoms with Crippen molar-refractivity contribution in [2.45, 2.75) is 6.92 Å². The van der Waals surface area contributed by atoms with Crippen LogP contribution in [0, 0.1) is 18.3 Å². The quantitative estimate of drug-likeness (QED) is 0.566. The number of allylic oxidation sites excluding steroid dienone is 1. The van der Waals surface area contributed by atoms with Crippen molar-refractivity contribution in [2.75, 3.05) is 0 Å². The maximum atomic E-state index is 9.31. The van der Waals surface area contributed by atoms with E-state index in [1.54, 1.807) is 0 Å². The second-order valence-electron chi connectivity index (χ2n) is 3.98. The van der Waals surface area contributed by atoms with Crippen molar-refractivity contribution >= 4 is 22.2 Å². The molecule has 18 heavy (non-hydrogen) atoms. The topological polar surface area (TPSA) is 23.8 Å². The number of halogens is 1. The summed E-state index contributed by atoms with van der Waals surface area (Å²) in [6.07, 6.45) is 0. The van der Waals surface area contributed by atoms with Gasteiger partial charge in [0.2, 0.25) is 0 Å². The second kappa shape index (κ2) is 5.53. The Bertz CT molecular complexity index is 621. The van der Waals surface area contributed by atoms with Crippen LogP contribution in [0.15, 0.2) is 54.6 Å². The first-order chi connectivity index (χ1) is 8.74. The minimum atomic E-state index is 0.502. The van der Waals surface area contributed by atoms with Crippen LogP contribution in [-0.4, -0.2) is 0 Å². The molecule has 0 spiro atoms. The van der Waals surface area contributed by atoms with Crippen LogP contribution in [0.5, 0.6) is 0 Å². The van der Waals surface area contributed by atoms with Crippen molar-refractivity contribution in [3.63, 3.8) is 0 Å². The Morgan fingerprint density at radius 2 is 1.61 bits per heavy atom. The molecule has 2 aromatic carbocycles. The summed E-state index contributed by atoms with van der Waals surface area (Å²) in [4.78, 5) is 0. The number of nitrogens with zero attached hydrogens (tertiary/aromatic N) is 1. The van der Waals surface area contributed by atoms with E-state index in [-0.39, 0.29) is 0 Å². The van der Waals surface area contributed by atoms with Crippen molar-refractivity contribution in [1.82, 2.24) is 0 Å². The van der Waals surface area contributed by atoms with Crippen LogP contribution in [0.4, 0.5) is 0 Å². The molecule has 0 heterocycles. The van der Waals surface area contributed by atoms with E-state index in [2.05, 4.69) is 6.07 Å². The monoisotopic (exact) mass is 253 g/mol. The number of nitriles is 1. The summed E-state index contributed by atoms with van der Waals surface area (Å²) in [6.45, 7) is 1.98. The van der Waals surface area contributed by atoms with Gasteiger partial charge in [0.25, 0.3) is 0 Å². The fraction of sp³-hybridized carbons (Fsp3) is 0.0625. The van der Waals surface area contributed by atoms with Gasteiger partial charge in [0.15, 0.2) is 0 Å². The van der Waals surface area contributed by atoms with E-state index in [1.807, 2.05) is 61.5 Å². The molecule has 0 radical (unpaired) electrons. The van der Waals surface area contributed by atoms with Gasteiger partial charge in [-0.15, -0.1) is 0 Å². The third kappa shape index (κ3) is 2.45. The van der Waals surface area contributed by atoms with E-state index in [9.17, 15) is 5.26 Å². The van der Waals surface area contributed by atoms with Gasteiger partial charge < -0.3 is 0 Å². The predicted octanol–water partition coefficient (Wildman–Crippen LogP) is 4.63. The van der Waals surface area contributed by atoms with Crippen molar-refractivity contribution in [1.29, 1.82) is 5.26 Å². The molecule has 2 heteroatoms. The van der Waals surface area contributed by atoms with Gasteiger partial charge in [-0.05, 0) is 23.6 Å². The average Bonchev–Trinajstić information content (AvgIpc) is 2.41. The maximum absolute atomic E-state index is 9.31. The zero-order valence-electron chi connectivity index (χ0n) is 10.0. The molecule has 2 aromatic rings. The number of hydrogen-bond acceptors (Lipinski definition) is 1. The Kier molecular flexibility index (Phi) is 3.82. The lowest BCUT2D eigenvalue weighted by molar-refractivity contribution is 1.44. The number of hydrogen-bond donors (Lipinski definition) is 0. The average molecular weight is 254 g/mol. The summed E-state index contributed by atoms with van der Waals surface area (Å²) in [5, 5.41) is 9.81. The first-order valence-corrected chi connectivity index (χ1v) is 6.03. The summed E-state index contributed by atoms with van der Waals surface area (Å²) >= 11 is 6.37. The lowest BCUT2D eigenvalue weighted by Crippen LogP contribution is -1.88. The van der Waals surface area contributed by atoms with Gasteiger partial charge in [-0.25, -0.2) is 0 Å². The molecule has 0 aromatic heterocycles. The Hall–Kier alpha value is -2.04. The predicted molar refractivity (Wildman–Crippen MR) is 75.9 cm³/mol. The molecule has 0 aliphatic carbocycles. The van der Waals surface area contributed by atoms with E-state index in [0.717, 1.165) is 16.7 Å². The molecule has 0 atom stereocenters. The minimum Gasteiger partial charge on any atom is -0.192 e. The maximum Gasteiger partial charge on any atom is 0.101 e. The highest BCUT2D eigenvalue weighted by atomic mass is 35.5. The first-order valence-electron chi connectivity index (χ1n) is 5.65. The molecule has 0 unspecified atom stereocenters. The van der Waals surface area contributed by atoms with Crippen LogP contribution < -0.4 is 0 Å². The Balaban J connectivity index is 2.59. The van der Waals surface area contributed by atoms with Gasteiger partial charge in [-0.2, -0.15) is 5.26 Å². The Morgan fingerprint density at radius 1 is 1.00 bits per heavy atom. The largest absolute Gasteiger partial charge is 0.192 e. The SMILES string of the molecule is Cc1ccccc1C(Cl)=C(C#N)c1ccccc1. The lowest BCUT2D eigenvalue weighted by Gasteiger charge is -2.07. The normalized spacial score (nSPS) is 11.6. The highest BCUT2D eigenvalue weighted by Gasteiger charge is 2.10. The van der Waals surface area contributed by atoms with Crippen molar-refractivity contribution in [2.24, 2.45) is 0 Å². The van der Waals surface area contributed by atoms with Crippen molar-refractivity contribution in [3.05, 3.63) is 71.3 Å². The minimum absolute atomic E-state index is 0.502. The van der Waals surface area contributed by atoms with E-state index in [4.69, 9.17) is 11.6 Å². The molecule has 0 N–H and O–H groups in total. The molecule has 88 valence electrons. The van der Waals surface area contributed by atoms with Crippen LogP contribution in [0.1, 0.15) is 16.7 Å². The van der Waals surface area contributed by atoms with Gasteiger partial charge >= 0.3 is 0 Å². The number of rotatable bonds is 2. The molecule has 0 bridgehead atoms. The van der Waals surface area contributed by atoms with Crippen molar-refractivity contribution < 1.29 is 0 Å². The number of aryl methyl sites for hydroxylation is 1. The summed E-state index contributed by atoms with van der Waals surface area (Å²) in [6, 6.07) is 19.5. The fourth-order valence-corrected chi connectivity index (χ4v) is 2.16. The summed E-state index contributed by atoms with van der Waals surface area (Å²) in [5.41, 5.74) is 3.31. The molecule has 1 nitrogen and oxygen atoms in total. The third-order valence-electron chi connectivity index (χ3n) is 2.78. The molecule has 0 saturated carbocycles. The molecule has 0 aliphatic rings. The Morgan fingerprint density at radius 3 is 2.22 bits per heavy atom. The van der Waals surface area contributed by atoms with E-state index in [0.29, 0.717) is 10.6 Å². The van der Waals surface area contributed by atoms with Crippen LogP contribution in [0.2, 0.25) is 0 Å². The third-order valence-corrected chi connectivity index (χ3v) is 3.17. The highest BCUT2D eigenvalue weighted by molar-refractivity contribution is 6.53. The van der Waals surface area contributed by atoms with Gasteiger partial charge in [-0.1, -0.05) is 66.2 Å². The first kappa shape index (κ1) is 12.4. The molecule has 0 amide bonds. The van der Waals surface area contributed by atoms with Crippen LogP contribution >= 0.6 is 11.6 Å². The zero-order valence-corrected chi connectivity index (χ0v) is 10.8. The smallest absolute Gasteiger partial charge is 0.101 e. The standard InChI is InChI=1S/C16H12ClN/c1-12-7-5-6-10-14(12)16(17)15(11-18)13-8-3-2-4-9-13/h2-10H,1H3. The molecule has 0 saturated heterocycles. The van der Waals surface area contributed by atoms with Crippen molar-refractivity contribution in [3.8, 4) is 6.07 Å². The van der Waals surface area contributed by atoms with E-state index in [1.165, 1.54) is 0 Å². The van der Waals surface area contributed by atoms with Gasteiger partial charge in [0.05, 0.1) is 10.6 Å². The molecule has 0 fully saturated rings. The lowest BCUT2D eigenvalue weighted by atomic mass is 10.0. The van der Waals surface area contributed by atoms with Gasteiger partial charge in [-0.3, -0.25) is 0 Å². The number of benzene rings is 2. The molecule has 2 rings (SSSR count). The summed E-state index contributed by atoms with van der Waals surface area (Å²) in [5.74, 6) is 0. The van der Waals surface area contributed by atoms with E-state index < -0.39 is 0 Å². The summed E-state index contributed by atoms with van der Waals surface area (Å²) < 4.78 is 0. The van der Waals surface area contributed by atoms with Gasteiger partial charge in [0.1, 0.15) is 6.07 Å². The van der Waals surface area contributed by atoms with Crippen LogP contribution in [-0.2, 0) is 0 Å². The Labute approximate surface area is 112 Å². The molecule has 0 aliphatic heterocycles. The van der Waals surface area contributed by atoms with E-state index >= 15 is 0 Å². The second-order valence-corrected chi connectivity index (χ2v) is 4.36. The van der Waals surface area contributed by atoms with Crippen LogP contribution in [0.3, 0.4) is 0 Å².